The van der Waals surface area contributed by atoms with Crippen LogP contribution in [0, 0.1) is 11.3 Å². The number of carbonyl (C=O) groups excluding carboxylic acids is 1. The van der Waals surface area contributed by atoms with Crippen molar-refractivity contribution in [2.24, 2.45) is 11.3 Å². The van der Waals surface area contributed by atoms with Crippen molar-refractivity contribution in [3.05, 3.63) is 12.0 Å². The van der Waals surface area contributed by atoms with Gasteiger partial charge in [-0.3, -0.25) is 9.59 Å². The number of hydrogen-bond acceptors (Lipinski definition) is 4. The van der Waals surface area contributed by atoms with Crippen LogP contribution in [0.4, 0.5) is 0 Å². The van der Waals surface area contributed by atoms with Gasteiger partial charge in [0.1, 0.15) is 19.5 Å². The summed E-state index contributed by atoms with van der Waals surface area (Å²) in [6.07, 6.45) is 2.97. The number of piperidine rings is 1. The van der Waals surface area contributed by atoms with Gasteiger partial charge in [0.2, 0.25) is 5.76 Å². The van der Waals surface area contributed by atoms with Crippen molar-refractivity contribution < 1.29 is 24.2 Å². The topological polar surface area (TPSA) is 76.1 Å². The van der Waals surface area contributed by atoms with Gasteiger partial charge in [0.05, 0.1) is 5.41 Å². The van der Waals surface area contributed by atoms with Crippen LogP contribution < -0.4 is 0 Å². The maximum atomic E-state index is 12.3. The number of carbonyl (C=O) groups is 2. The van der Waals surface area contributed by atoms with E-state index in [1.165, 1.54) is 6.26 Å². The van der Waals surface area contributed by atoms with Crippen molar-refractivity contribution in [1.29, 1.82) is 0 Å². The van der Waals surface area contributed by atoms with Crippen molar-refractivity contribution in [3.63, 3.8) is 0 Å². The molecule has 0 aliphatic carbocycles. The molecule has 2 heterocycles. The molecule has 6 heteroatoms. The zero-order chi connectivity index (χ0) is 14.8. The third-order valence-electron chi connectivity index (χ3n) is 4.14. The molecule has 2 aliphatic rings. The Morgan fingerprint density at radius 3 is 2.75 bits per heavy atom. The van der Waals surface area contributed by atoms with E-state index in [2.05, 4.69) is 0 Å². The Hall–Kier alpha value is -1.72. The predicted molar refractivity (Wildman–Crippen MR) is 70.7 cm³/mol. The van der Waals surface area contributed by atoms with Crippen LogP contribution in [-0.4, -0.2) is 48.2 Å². The Balaban J connectivity index is 2.05. The number of nitrogens with zero attached hydrogens (tertiary/aromatic N) is 1. The summed E-state index contributed by atoms with van der Waals surface area (Å²) in [6, 6.07) is 0. The molecule has 0 aromatic rings. The predicted octanol–water partition coefficient (Wildman–Crippen LogP) is 1.22. The van der Waals surface area contributed by atoms with E-state index in [0.29, 0.717) is 26.3 Å². The van der Waals surface area contributed by atoms with Gasteiger partial charge in [-0.15, -0.1) is 0 Å². The highest BCUT2D eigenvalue weighted by molar-refractivity contribution is 5.91. The largest absolute Gasteiger partial charge is 0.494 e. The summed E-state index contributed by atoms with van der Waals surface area (Å²) in [5.74, 6) is -0.878. The highest BCUT2D eigenvalue weighted by atomic mass is 16.6. The number of carboxylic acids is 1. The SMILES string of the molecule is CC(C)(C(=O)O)C1CCCN(C(=O)C2=COCCO2)C1. The number of carboxylic acid groups (broad SMARTS) is 1. The third-order valence-corrected chi connectivity index (χ3v) is 4.14. The minimum Gasteiger partial charge on any atom is -0.494 e. The monoisotopic (exact) mass is 283 g/mol. The number of amides is 1. The first-order valence-electron chi connectivity index (χ1n) is 6.90. The minimum atomic E-state index is -0.836. The molecule has 1 N–H and O–H groups in total. The van der Waals surface area contributed by atoms with Crippen molar-refractivity contribution in [2.75, 3.05) is 26.3 Å². The maximum absolute atomic E-state index is 12.3. The molecule has 1 atom stereocenters. The fourth-order valence-corrected chi connectivity index (χ4v) is 2.56. The van der Waals surface area contributed by atoms with E-state index in [4.69, 9.17) is 9.47 Å². The first-order chi connectivity index (χ1) is 9.43. The van der Waals surface area contributed by atoms with Crippen molar-refractivity contribution >= 4 is 11.9 Å². The molecule has 0 radical (unpaired) electrons. The molecular formula is C14H21NO5. The lowest BCUT2D eigenvalue weighted by molar-refractivity contribution is -0.153. The van der Waals surface area contributed by atoms with Crippen LogP contribution in [0.1, 0.15) is 26.7 Å². The molecule has 0 saturated carbocycles. The number of rotatable bonds is 3. The van der Waals surface area contributed by atoms with E-state index in [-0.39, 0.29) is 17.6 Å². The van der Waals surface area contributed by atoms with E-state index in [1.807, 2.05) is 0 Å². The lowest BCUT2D eigenvalue weighted by atomic mass is 9.74. The second kappa shape index (κ2) is 5.73. The molecule has 0 aromatic heterocycles. The van der Waals surface area contributed by atoms with Crippen molar-refractivity contribution in [1.82, 2.24) is 4.90 Å². The van der Waals surface area contributed by atoms with Gasteiger partial charge in [0.25, 0.3) is 5.91 Å². The zero-order valence-corrected chi connectivity index (χ0v) is 11.9. The molecular weight excluding hydrogens is 262 g/mol. The fraction of sp³-hybridized carbons (Fsp3) is 0.714. The van der Waals surface area contributed by atoms with Gasteiger partial charge in [0, 0.05) is 13.1 Å². The van der Waals surface area contributed by atoms with Crippen LogP contribution in [0.2, 0.25) is 0 Å². The Morgan fingerprint density at radius 1 is 1.40 bits per heavy atom. The quantitative estimate of drug-likeness (QED) is 0.843. The molecule has 2 rings (SSSR count). The van der Waals surface area contributed by atoms with Crippen LogP contribution in [0.5, 0.6) is 0 Å². The summed E-state index contributed by atoms with van der Waals surface area (Å²) < 4.78 is 10.4. The van der Waals surface area contributed by atoms with Gasteiger partial charge in [-0.05, 0) is 32.6 Å². The van der Waals surface area contributed by atoms with Crippen LogP contribution in [0.3, 0.4) is 0 Å². The van der Waals surface area contributed by atoms with Crippen molar-refractivity contribution in [3.8, 4) is 0 Å². The normalized spacial score (nSPS) is 23.4. The molecule has 6 nitrogen and oxygen atoms in total. The van der Waals surface area contributed by atoms with Crippen LogP contribution in [0.25, 0.3) is 0 Å². The van der Waals surface area contributed by atoms with Gasteiger partial charge in [-0.2, -0.15) is 0 Å². The minimum absolute atomic E-state index is 0.0530. The van der Waals surface area contributed by atoms with Gasteiger partial charge < -0.3 is 19.5 Å². The van der Waals surface area contributed by atoms with Gasteiger partial charge in [-0.1, -0.05) is 0 Å². The standard InChI is InChI=1S/C14H21NO5/c1-14(2,13(17)18)10-4-3-5-15(8-10)12(16)11-9-19-6-7-20-11/h9-10H,3-8H2,1-2H3,(H,17,18). The number of aliphatic carboxylic acids is 1. The average Bonchev–Trinajstić information content (AvgIpc) is 2.47. The smallest absolute Gasteiger partial charge is 0.309 e. The maximum Gasteiger partial charge on any atom is 0.309 e. The molecule has 112 valence electrons. The Labute approximate surface area is 118 Å². The molecule has 2 aliphatic heterocycles. The number of ether oxygens (including phenoxy) is 2. The molecule has 0 spiro atoms. The Kier molecular flexibility index (Phi) is 4.20. The lowest BCUT2D eigenvalue weighted by Gasteiger charge is -2.39. The van der Waals surface area contributed by atoms with Crippen LogP contribution >= 0.6 is 0 Å². The first kappa shape index (κ1) is 14.7. The second-order valence-corrected chi connectivity index (χ2v) is 5.82. The highest BCUT2D eigenvalue weighted by Gasteiger charge is 2.40. The summed E-state index contributed by atoms with van der Waals surface area (Å²) in [5, 5.41) is 9.31. The molecule has 0 aromatic carbocycles. The lowest BCUT2D eigenvalue weighted by Crippen LogP contribution is -2.47. The van der Waals surface area contributed by atoms with Gasteiger partial charge >= 0.3 is 5.97 Å². The second-order valence-electron chi connectivity index (χ2n) is 5.82. The van der Waals surface area contributed by atoms with Crippen molar-refractivity contribution in [2.45, 2.75) is 26.7 Å². The molecule has 0 bridgehead atoms. The van der Waals surface area contributed by atoms with Gasteiger partial charge in [-0.25, -0.2) is 0 Å². The first-order valence-corrected chi connectivity index (χ1v) is 6.90. The van der Waals surface area contributed by atoms with E-state index in [1.54, 1.807) is 18.7 Å². The molecule has 1 saturated heterocycles. The summed E-state index contributed by atoms with van der Waals surface area (Å²) in [7, 11) is 0. The van der Waals surface area contributed by atoms with E-state index < -0.39 is 11.4 Å². The van der Waals surface area contributed by atoms with Crippen LogP contribution in [-0.2, 0) is 19.1 Å². The van der Waals surface area contributed by atoms with E-state index >= 15 is 0 Å². The van der Waals surface area contributed by atoms with Gasteiger partial charge in [0.15, 0.2) is 0 Å². The number of hydrogen-bond donors (Lipinski definition) is 1. The van der Waals surface area contributed by atoms with Crippen LogP contribution in [0.15, 0.2) is 12.0 Å². The Morgan fingerprint density at radius 2 is 2.15 bits per heavy atom. The van der Waals surface area contributed by atoms with E-state index in [9.17, 15) is 14.7 Å². The third kappa shape index (κ3) is 2.89. The molecule has 1 amide bonds. The summed E-state index contributed by atoms with van der Waals surface area (Å²) >= 11 is 0. The molecule has 1 unspecified atom stereocenters. The zero-order valence-electron chi connectivity index (χ0n) is 11.9. The Bertz CT molecular complexity index is 429. The van der Waals surface area contributed by atoms with E-state index in [0.717, 1.165) is 12.8 Å². The highest BCUT2D eigenvalue weighted by Crippen LogP contribution is 2.34. The number of likely N-dealkylation sites (tertiary alicyclic amines) is 1. The summed E-state index contributed by atoms with van der Waals surface area (Å²) in [5.41, 5.74) is -0.836. The molecule has 1 fully saturated rings. The molecule has 20 heavy (non-hydrogen) atoms. The summed E-state index contributed by atoms with van der Waals surface area (Å²) in [4.78, 5) is 25.3. The summed E-state index contributed by atoms with van der Waals surface area (Å²) in [6.45, 7) is 5.33. The average molecular weight is 283 g/mol. The fourth-order valence-electron chi connectivity index (χ4n) is 2.56.